The maximum Gasteiger partial charge on any atom is 0.407 e. The topological polar surface area (TPSA) is 103 Å². The number of amides is 1. The van der Waals surface area contributed by atoms with Gasteiger partial charge in [0.25, 0.3) is 6.17 Å². The maximum absolute atomic E-state index is 13.7. The molecule has 3 aromatic rings. The number of carbonyl (C=O) groups excluding carboxylic acids is 1. The number of unbranched alkanes of at least 4 members (excludes halogenated alkanes) is 1. The number of ether oxygens (including phenoxy) is 4. The third-order valence-electron chi connectivity index (χ3n) is 11.7. The summed E-state index contributed by atoms with van der Waals surface area (Å²) in [6, 6.07) is 17.3. The first kappa shape index (κ1) is 41.1. The lowest BCUT2D eigenvalue weighted by Gasteiger charge is -2.36. The molecule has 3 aromatic carbocycles. The minimum atomic E-state index is -1.80. The summed E-state index contributed by atoms with van der Waals surface area (Å²) in [4.78, 5) is 20.0. The SMILES string of the molecule is [C-]#[N+][C@H]([C@H](Cc1cc(O)c(OC)c(C)c1OC)NC(=O)OCC1c2ccccc2-c2ccccc21)N1CCO[C@@H](CCCCO[Si](C)(C(C)C)C(C)C)C1. The van der Waals surface area contributed by atoms with Crippen LogP contribution in [0.5, 0.6) is 17.2 Å². The lowest BCUT2D eigenvalue weighted by molar-refractivity contribution is -0.0459. The summed E-state index contributed by atoms with van der Waals surface area (Å²) in [5.41, 5.74) is 6.93. The lowest BCUT2D eigenvalue weighted by atomic mass is 9.98. The highest BCUT2D eigenvalue weighted by atomic mass is 28.4. The summed E-state index contributed by atoms with van der Waals surface area (Å²) in [6.45, 7) is 24.2. The molecule has 0 saturated carbocycles. The highest BCUT2D eigenvalue weighted by Gasteiger charge is 2.40. The Labute approximate surface area is 323 Å². The maximum atomic E-state index is 13.7. The van der Waals surface area contributed by atoms with Gasteiger partial charge in [-0.05, 0) is 72.1 Å². The Kier molecular flexibility index (Phi) is 14.1. The average Bonchev–Trinajstić information content (AvgIpc) is 3.47. The number of hydrogen-bond donors (Lipinski definition) is 2. The van der Waals surface area contributed by atoms with E-state index in [4.69, 9.17) is 29.9 Å². The standard InChI is InChI=1S/C43H59N3O7Si/c1-28(2)54(9,29(3)4)53-22-15-14-16-32-26-46(21-23-51-32)42(44-6)38(24-31-25-39(47)41(50-8)30(5)40(31)49-7)45-43(48)52-27-37-35-19-12-10-17-33(35)34-18-11-13-20-36(34)37/h10-13,17-20,25,28-29,32,37-38,42,47H,14-16,21-24,26-27H2,1-5,7-9H3,(H,45,48)/t32-,38-,42-/m0/s1. The number of fused-ring (bicyclic) bond motifs is 3. The normalized spacial score (nSPS) is 17.1. The average molecular weight is 758 g/mol. The summed E-state index contributed by atoms with van der Waals surface area (Å²) in [5.74, 6) is 0.714. The predicted molar refractivity (Wildman–Crippen MR) is 215 cm³/mol. The van der Waals surface area contributed by atoms with Crippen LogP contribution in [0.25, 0.3) is 16.0 Å². The molecule has 0 aromatic heterocycles. The molecule has 5 rings (SSSR count). The van der Waals surface area contributed by atoms with Gasteiger partial charge in [-0.15, -0.1) is 0 Å². The number of methoxy groups -OCH3 is 2. The summed E-state index contributed by atoms with van der Waals surface area (Å²) in [5, 5.41) is 13.9. The number of nitrogens with zero attached hydrogens (tertiary/aromatic N) is 2. The number of alkyl carbamates (subject to hydrolysis) is 1. The molecule has 1 aliphatic heterocycles. The molecule has 2 N–H and O–H groups in total. The zero-order valence-electron chi connectivity index (χ0n) is 33.3. The van der Waals surface area contributed by atoms with Gasteiger partial charge in [0.15, 0.2) is 19.8 Å². The summed E-state index contributed by atoms with van der Waals surface area (Å²) in [6.07, 6.45) is 1.62. The van der Waals surface area contributed by atoms with Crippen LogP contribution >= 0.6 is 0 Å². The van der Waals surface area contributed by atoms with Crippen LogP contribution in [0.1, 0.15) is 75.1 Å². The molecule has 1 fully saturated rings. The fourth-order valence-corrected chi connectivity index (χ4v) is 10.7. The molecule has 1 heterocycles. The van der Waals surface area contributed by atoms with Gasteiger partial charge in [0.1, 0.15) is 18.4 Å². The van der Waals surface area contributed by atoms with Crippen LogP contribution in [-0.2, 0) is 20.3 Å². The summed E-state index contributed by atoms with van der Waals surface area (Å²) >= 11 is 0. The Morgan fingerprint density at radius 1 is 1.02 bits per heavy atom. The first-order chi connectivity index (χ1) is 25.9. The van der Waals surface area contributed by atoms with Crippen LogP contribution in [-0.4, -0.2) is 89.9 Å². The van der Waals surface area contributed by atoms with Crippen molar-refractivity contribution in [2.45, 2.75) is 102 Å². The number of benzene rings is 3. The second kappa shape index (κ2) is 18.5. The van der Waals surface area contributed by atoms with E-state index in [2.05, 4.69) is 73.6 Å². The number of nitrogens with one attached hydrogen (secondary N) is 1. The van der Waals surface area contributed by atoms with Gasteiger partial charge in [-0.2, -0.15) is 0 Å². The molecule has 1 aliphatic carbocycles. The zero-order chi connectivity index (χ0) is 39.0. The van der Waals surface area contributed by atoms with Crippen molar-refractivity contribution in [3.05, 3.63) is 88.3 Å². The van der Waals surface area contributed by atoms with E-state index in [1.807, 2.05) is 31.2 Å². The van der Waals surface area contributed by atoms with E-state index in [1.54, 1.807) is 13.2 Å². The van der Waals surface area contributed by atoms with Gasteiger partial charge in [-0.1, -0.05) is 76.2 Å². The van der Waals surface area contributed by atoms with E-state index in [0.29, 0.717) is 53.4 Å². The second-order valence-corrected chi connectivity index (χ2v) is 20.4. The van der Waals surface area contributed by atoms with E-state index in [-0.39, 0.29) is 30.8 Å². The molecule has 2 aliphatic rings. The Bertz CT molecular complexity index is 1720. The van der Waals surface area contributed by atoms with Crippen LogP contribution in [0.4, 0.5) is 4.79 Å². The van der Waals surface area contributed by atoms with Gasteiger partial charge in [-0.25, -0.2) is 16.3 Å². The number of rotatable bonds is 17. The lowest BCUT2D eigenvalue weighted by Crippen LogP contribution is -2.56. The molecule has 0 unspecified atom stereocenters. The molecule has 10 nitrogen and oxygen atoms in total. The van der Waals surface area contributed by atoms with E-state index in [0.717, 1.165) is 48.1 Å². The van der Waals surface area contributed by atoms with Crippen LogP contribution in [0.2, 0.25) is 17.6 Å². The molecule has 3 atom stereocenters. The van der Waals surface area contributed by atoms with Gasteiger partial charge in [0.05, 0.1) is 26.9 Å². The highest BCUT2D eigenvalue weighted by Crippen LogP contribution is 2.45. The quantitative estimate of drug-likeness (QED) is 0.0802. The third-order valence-corrected chi connectivity index (χ3v) is 17.1. The predicted octanol–water partition coefficient (Wildman–Crippen LogP) is 8.70. The fraction of sp³-hybridized carbons (Fsp3) is 0.535. The first-order valence-electron chi connectivity index (χ1n) is 19.3. The van der Waals surface area contributed by atoms with Gasteiger partial charge < -0.3 is 33.8 Å². The zero-order valence-corrected chi connectivity index (χ0v) is 34.3. The van der Waals surface area contributed by atoms with Crippen LogP contribution < -0.4 is 14.8 Å². The molecule has 1 amide bonds. The highest BCUT2D eigenvalue weighted by molar-refractivity contribution is 6.75. The Morgan fingerprint density at radius 3 is 2.24 bits per heavy atom. The fourth-order valence-electron chi connectivity index (χ4n) is 8.13. The van der Waals surface area contributed by atoms with Crippen LogP contribution in [0, 0.1) is 13.5 Å². The van der Waals surface area contributed by atoms with E-state index >= 15 is 0 Å². The molecule has 292 valence electrons. The smallest absolute Gasteiger partial charge is 0.407 e. The molecule has 0 radical (unpaired) electrons. The van der Waals surface area contributed by atoms with Crippen molar-refractivity contribution >= 4 is 14.4 Å². The molecule has 0 spiro atoms. The summed E-state index contributed by atoms with van der Waals surface area (Å²) in [7, 11) is 1.26. The van der Waals surface area contributed by atoms with Crippen molar-refractivity contribution in [2.75, 3.05) is 47.1 Å². The van der Waals surface area contributed by atoms with Crippen molar-refractivity contribution in [2.24, 2.45) is 0 Å². The number of carbonyl (C=O) groups is 1. The van der Waals surface area contributed by atoms with Crippen LogP contribution in [0.3, 0.4) is 0 Å². The Hall–Kier alpha value is -4.08. The largest absolute Gasteiger partial charge is 0.504 e. The number of aromatic hydroxyl groups is 1. The molecule has 54 heavy (non-hydrogen) atoms. The first-order valence-corrected chi connectivity index (χ1v) is 21.9. The number of phenolic OH excluding ortho intramolecular Hbond substituents is 1. The van der Waals surface area contributed by atoms with Crippen molar-refractivity contribution in [1.82, 2.24) is 10.2 Å². The van der Waals surface area contributed by atoms with E-state index in [9.17, 15) is 9.90 Å². The molecular weight excluding hydrogens is 699 g/mol. The Balaban J connectivity index is 1.31. The number of phenols is 1. The van der Waals surface area contributed by atoms with Gasteiger partial charge >= 0.3 is 6.09 Å². The minimum absolute atomic E-state index is 0.0368. The second-order valence-electron chi connectivity index (χ2n) is 15.4. The van der Waals surface area contributed by atoms with Crippen molar-refractivity contribution in [3.8, 4) is 28.4 Å². The Morgan fingerprint density at radius 2 is 1.65 bits per heavy atom. The molecule has 1 saturated heterocycles. The number of hydrogen-bond acceptors (Lipinski definition) is 8. The van der Waals surface area contributed by atoms with Gasteiger partial charge in [0, 0.05) is 43.2 Å². The van der Waals surface area contributed by atoms with Crippen LogP contribution in [0.15, 0.2) is 54.6 Å². The molecule has 11 heteroatoms. The third kappa shape index (κ3) is 9.06. The molecule has 0 bridgehead atoms. The van der Waals surface area contributed by atoms with Crippen molar-refractivity contribution < 1.29 is 33.3 Å². The minimum Gasteiger partial charge on any atom is -0.504 e. The summed E-state index contributed by atoms with van der Waals surface area (Å²) < 4.78 is 29.9. The van der Waals surface area contributed by atoms with Crippen molar-refractivity contribution in [3.63, 3.8) is 0 Å². The van der Waals surface area contributed by atoms with Gasteiger partial charge in [0.2, 0.25) is 0 Å². The van der Waals surface area contributed by atoms with Crippen molar-refractivity contribution in [1.29, 1.82) is 0 Å². The van der Waals surface area contributed by atoms with Gasteiger partial charge in [-0.3, -0.25) is 4.85 Å². The monoisotopic (exact) mass is 757 g/mol. The van der Waals surface area contributed by atoms with E-state index < -0.39 is 26.6 Å². The van der Waals surface area contributed by atoms with E-state index in [1.165, 1.54) is 7.11 Å². The number of morpholine rings is 1. The molecular formula is C43H59N3O7Si.